The van der Waals surface area contributed by atoms with E-state index in [1.807, 2.05) is 0 Å². The van der Waals surface area contributed by atoms with E-state index in [1.165, 1.54) is 17.0 Å². The summed E-state index contributed by atoms with van der Waals surface area (Å²) in [5.41, 5.74) is 7.44. The number of aliphatic hydroxyl groups is 1. The molecule has 2 aliphatic rings. The summed E-state index contributed by atoms with van der Waals surface area (Å²) < 4.78 is 10.6. The Morgan fingerprint density at radius 3 is 2.40 bits per heavy atom. The zero-order valence-corrected chi connectivity index (χ0v) is 19.5. The molecule has 1 unspecified atom stereocenters. The first-order valence-corrected chi connectivity index (χ1v) is 10.7. The summed E-state index contributed by atoms with van der Waals surface area (Å²) in [6.45, 7) is 1.19. The van der Waals surface area contributed by atoms with Crippen LogP contribution in [0.4, 0.5) is 17.1 Å². The molecule has 3 amide bonds. The number of rotatable bonds is 6. The molecule has 12 heteroatoms. The second kappa shape index (κ2) is 11.3. The molecule has 2 aliphatic heterocycles. The average Bonchev–Trinajstić information content (AvgIpc) is 2.84. The number of nitrogens with one attached hydrogen (secondary N) is 2. The lowest BCUT2D eigenvalue weighted by molar-refractivity contribution is -0.150. The third-order valence-corrected chi connectivity index (χ3v) is 5.58. The molecule has 35 heavy (non-hydrogen) atoms. The maximum Gasteiger partial charge on any atom is 0.259 e. The molecule has 2 atom stereocenters. The molecular formula is C23H26ClN5O6. The van der Waals surface area contributed by atoms with E-state index in [2.05, 4.69) is 5.32 Å². The number of aliphatic hydroxyl groups excluding tert-OH is 1. The van der Waals surface area contributed by atoms with Gasteiger partial charge in [-0.2, -0.15) is 0 Å². The summed E-state index contributed by atoms with van der Waals surface area (Å²) in [5.74, 6) is -1.64. The van der Waals surface area contributed by atoms with Crippen molar-refractivity contribution in [2.75, 3.05) is 48.0 Å². The number of hydrogen-bond donors (Lipinski definition) is 4. The first-order valence-electron chi connectivity index (χ1n) is 10.7. The molecule has 2 fully saturated rings. The molecule has 11 nitrogen and oxygen atoms in total. The lowest BCUT2D eigenvalue weighted by Crippen LogP contribution is -2.55. The predicted octanol–water partition coefficient (Wildman–Crippen LogP) is 0.487. The van der Waals surface area contributed by atoms with E-state index in [4.69, 9.17) is 20.6 Å². The van der Waals surface area contributed by atoms with Gasteiger partial charge in [-0.1, -0.05) is 6.07 Å². The number of nitrogens with zero attached hydrogens (tertiary/aromatic N) is 2. The number of amides is 3. The highest BCUT2D eigenvalue weighted by molar-refractivity contribution is 6.04. The number of morpholine rings is 2. The van der Waals surface area contributed by atoms with Gasteiger partial charge >= 0.3 is 0 Å². The van der Waals surface area contributed by atoms with Gasteiger partial charge < -0.3 is 35.4 Å². The van der Waals surface area contributed by atoms with E-state index in [-0.39, 0.29) is 43.9 Å². The van der Waals surface area contributed by atoms with Crippen LogP contribution < -0.4 is 20.9 Å². The number of benzene rings is 2. The van der Waals surface area contributed by atoms with Crippen molar-refractivity contribution in [2.45, 2.75) is 12.2 Å². The lowest BCUT2D eigenvalue weighted by Gasteiger charge is -2.35. The van der Waals surface area contributed by atoms with Gasteiger partial charge in [0.2, 0.25) is 0 Å². The molecule has 5 N–H and O–H groups in total. The van der Waals surface area contributed by atoms with Gasteiger partial charge in [0.25, 0.3) is 17.7 Å². The van der Waals surface area contributed by atoms with Gasteiger partial charge in [0.15, 0.2) is 12.2 Å². The first kappa shape index (κ1) is 26.1. The van der Waals surface area contributed by atoms with Crippen molar-refractivity contribution in [2.24, 2.45) is 5.73 Å². The highest BCUT2D eigenvalue weighted by Crippen LogP contribution is 2.26. The highest BCUT2D eigenvalue weighted by Gasteiger charge is 2.39. The summed E-state index contributed by atoms with van der Waals surface area (Å²) in [6, 6.07) is 13.1. The molecule has 0 spiro atoms. The van der Waals surface area contributed by atoms with E-state index < -0.39 is 24.0 Å². The Morgan fingerprint density at radius 2 is 1.74 bits per heavy atom. The predicted molar refractivity (Wildman–Crippen MR) is 131 cm³/mol. The molecule has 0 aliphatic carbocycles. The third kappa shape index (κ3) is 5.77. The summed E-state index contributed by atoms with van der Waals surface area (Å²) in [6.07, 6.45) is -3.13. The number of anilines is 3. The summed E-state index contributed by atoms with van der Waals surface area (Å²) in [4.78, 5) is 40.9. The first-order chi connectivity index (χ1) is 16.3. The maximum absolute atomic E-state index is 13.1. The topological polar surface area (TPSA) is 158 Å². The fourth-order valence-corrected chi connectivity index (χ4v) is 3.80. The Bertz CT molecular complexity index is 1110. The smallest absolute Gasteiger partial charge is 0.259 e. The number of halogens is 1. The molecule has 4 rings (SSSR count). The van der Waals surface area contributed by atoms with Gasteiger partial charge in [-0.25, -0.2) is 0 Å². The molecular weight excluding hydrogens is 478 g/mol. The van der Waals surface area contributed by atoms with Crippen LogP contribution in [0, 0.1) is 5.41 Å². The minimum Gasteiger partial charge on any atom is -0.384 e. The number of carbonyl (C=O) groups is 3. The van der Waals surface area contributed by atoms with Crippen molar-refractivity contribution in [3.8, 4) is 0 Å². The van der Waals surface area contributed by atoms with Crippen LogP contribution in [0.15, 0.2) is 48.5 Å². The van der Waals surface area contributed by atoms with Crippen molar-refractivity contribution in [3.63, 3.8) is 0 Å². The van der Waals surface area contributed by atoms with Crippen molar-refractivity contribution >= 4 is 53.0 Å². The zero-order chi connectivity index (χ0) is 24.2. The average molecular weight is 504 g/mol. The van der Waals surface area contributed by atoms with Gasteiger partial charge in [0.05, 0.1) is 13.2 Å². The minimum atomic E-state index is -1.74. The van der Waals surface area contributed by atoms with E-state index in [0.717, 1.165) is 0 Å². The van der Waals surface area contributed by atoms with E-state index in [0.29, 0.717) is 35.8 Å². The number of hydrogen-bond acceptors (Lipinski definition) is 7. The van der Waals surface area contributed by atoms with Gasteiger partial charge in [-0.3, -0.25) is 19.8 Å². The number of nitrogen functional groups attached to an aromatic ring is 1. The van der Waals surface area contributed by atoms with Gasteiger partial charge in [0.1, 0.15) is 12.4 Å². The van der Waals surface area contributed by atoms with Crippen LogP contribution in [0.1, 0.15) is 5.56 Å². The van der Waals surface area contributed by atoms with Crippen molar-refractivity contribution < 1.29 is 29.0 Å². The van der Waals surface area contributed by atoms with Crippen molar-refractivity contribution in [1.82, 2.24) is 0 Å². The molecule has 2 saturated heterocycles. The van der Waals surface area contributed by atoms with E-state index in [1.54, 1.807) is 41.3 Å². The van der Waals surface area contributed by atoms with Gasteiger partial charge in [0, 0.05) is 35.7 Å². The molecule has 0 bridgehead atoms. The standard InChI is InChI=1S/C23H25N5O6.ClH/c24-21(25)14-4-6-15(7-5-14)26-22(31)19(30)20-23(32)28(9-11-34-20)17-3-1-2-16(12-17)27-8-10-33-13-18(27)29;/h1-7,12,19-20,30H,8-11,13H2,(H3,24,25)(H,26,31);1H/t19?,20-;/m1./s1. The largest absolute Gasteiger partial charge is 0.384 e. The molecule has 186 valence electrons. The SMILES string of the molecule is Cl.N=C(N)c1ccc(NC(=O)C(O)[C@H]2OCCN(c3cccc(N4CCOCC4=O)c3)C2=O)cc1. The maximum atomic E-state index is 13.1. The third-order valence-electron chi connectivity index (χ3n) is 5.58. The van der Waals surface area contributed by atoms with Crippen LogP contribution in [-0.2, 0) is 23.9 Å². The molecule has 2 heterocycles. The summed E-state index contributed by atoms with van der Waals surface area (Å²) >= 11 is 0. The Labute approximate surface area is 207 Å². The van der Waals surface area contributed by atoms with Gasteiger partial charge in [-0.15, -0.1) is 12.4 Å². The number of amidine groups is 1. The Morgan fingerprint density at radius 1 is 1.09 bits per heavy atom. The summed E-state index contributed by atoms with van der Waals surface area (Å²) in [7, 11) is 0. The normalized spacial score (nSPS) is 19.1. The Kier molecular flexibility index (Phi) is 8.41. The van der Waals surface area contributed by atoms with Gasteiger partial charge in [-0.05, 0) is 42.5 Å². The number of ether oxygens (including phenoxy) is 2. The summed E-state index contributed by atoms with van der Waals surface area (Å²) in [5, 5.41) is 20.5. The Balaban J connectivity index is 0.00000342. The molecule has 0 radical (unpaired) electrons. The van der Waals surface area contributed by atoms with E-state index in [9.17, 15) is 19.5 Å². The second-order valence-corrected chi connectivity index (χ2v) is 7.82. The Hall–Kier alpha value is -3.51. The zero-order valence-electron chi connectivity index (χ0n) is 18.7. The fourth-order valence-electron chi connectivity index (χ4n) is 3.80. The number of carbonyl (C=O) groups excluding carboxylic acids is 3. The lowest BCUT2D eigenvalue weighted by atomic mass is 10.1. The van der Waals surface area contributed by atoms with Crippen LogP contribution in [0.5, 0.6) is 0 Å². The quantitative estimate of drug-likeness (QED) is 0.330. The van der Waals surface area contributed by atoms with Crippen molar-refractivity contribution in [1.29, 1.82) is 5.41 Å². The second-order valence-electron chi connectivity index (χ2n) is 7.82. The molecule has 2 aromatic carbocycles. The minimum absolute atomic E-state index is 0. The molecule has 2 aromatic rings. The molecule has 0 aromatic heterocycles. The van der Waals surface area contributed by atoms with Crippen LogP contribution in [0.3, 0.4) is 0 Å². The van der Waals surface area contributed by atoms with Crippen LogP contribution >= 0.6 is 12.4 Å². The van der Waals surface area contributed by atoms with Crippen molar-refractivity contribution in [3.05, 3.63) is 54.1 Å². The monoisotopic (exact) mass is 503 g/mol. The van der Waals surface area contributed by atoms with Crippen LogP contribution in [0.2, 0.25) is 0 Å². The molecule has 0 saturated carbocycles. The highest BCUT2D eigenvalue weighted by atomic mass is 35.5. The van der Waals surface area contributed by atoms with Crippen LogP contribution in [0.25, 0.3) is 0 Å². The van der Waals surface area contributed by atoms with Crippen LogP contribution in [-0.4, -0.2) is 73.8 Å². The fraction of sp³-hybridized carbons (Fsp3) is 0.304. The number of nitrogens with two attached hydrogens (primary N) is 1. The van der Waals surface area contributed by atoms with E-state index >= 15 is 0 Å².